The first-order valence-electron chi connectivity index (χ1n) is 9.33. The molecule has 0 radical (unpaired) electrons. The highest BCUT2D eigenvalue weighted by Crippen LogP contribution is 2.22. The van der Waals surface area contributed by atoms with E-state index in [9.17, 15) is 9.90 Å². The van der Waals surface area contributed by atoms with Crippen LogP contribution in [0.15, 0.2) is 48.5 Å². The van der Waals surface area contributed by atoms with Crippen LogP contribution >= 0.6 is 0 Å². The lowest BCUT2D eigenvalue weighted by Gasteiger charge is -2.29. The molecule has 0 saturated heterocycles. The fourth-order valence-corrected chi connectivity index (χ4v) is 3.55. The molecule has 6 nitrogen and oxygen atoms in total. The Hall–Kier alpha value is -2.86. The number of hydrogen-bond donors (Lipinski definition) is 2. The number of aliphatic hydroxyl groups excluding tert-OH is 1. The van der Waals surface area contributed by atoms with E-state index in [1.165, 1.54) is 11.1 Å². The van der Waals surface area contributed by atoms with Gasteiger partial charge in [0.15, 0.2) is 0 Å². The molecule has 1 unspecified atom stereocenters. The number of amides is 1. The quantitative estimate of drug-likeness (QED) is 0.729. The summed E-state index contributed by atoms with van der Waals surface area (Å²) in [6.45, 7) is 3.72. The van der Waals surface area contributed by atoms with Crippen molar-refractivity contribution in [1.29, 1.82) is 0 Å². The zero-order valence-electron chi connectivity index (χ0n) is 15.4. The third-order valence-electron chi connectivity index (χ3n) is 4.99. The number of carbonyl (C=O) groups is 1. The highest BCUT2D eigenvalue weighted by atomic mass is 16.3. The lowest BCUT2D eigenvalue weighted by atomic mass is 10.00. The standard InChI is InChI=1S/C21H24N4O2/c1-15(26)12-22-21-23-18-8-4-5-9-19(18)25(21)14-20(27)24-11-10-16-6-2-3-7-17(16)13-24/h2-9,15,26H,10-14H2,1H3,(H,22,23). The minimum absolute atomic E-state index is 0.0766. The van der Waals surface area contributed by atoms with Crippen LogP contribution in [-0.2, 0) is 24.3 Å². The zero-order chi connectivity index (χ0) is 18.8. The molecule has 1 amide bonds. The molecule has 140 valence electrons. The fraction of sp³-hybridized carbons (Fsp3) is 0.333. The number of benzene rings is 2. The Kier molecular flexibility index (Phi) is 4.81. The first kappa shape index (κ1) is 17.5. The number of nitrogens with zero attached hydrogens (tertiary/aromatic N) is 3. The average molecular weight is 364 g/mol. The fourth-order valence-electron chi connectivity index (χ4n) is 3.55. The van der Waals surface area contributed by atoms with Gasteiger partial charge in [-0.1, -0.05) is 36.4 Å². The molecule has 2 heterocycles. The summed E-state index contributed by atoms with van der Waals surface area (Å²) in [5, 5.41) is 12.7. The molecule has 0 saturated carbocycles. The van der Waals surface area contributed by atoms with Crippen LogP contribution in [0.3, 0.4) is 0 Å². The number of rotatable bonds is 5. The minimum atomic E-state index is -0.493. The molecular formula is C21H24N4O2. The summed E-state index contributed by atoms with van der Waals surface area (Å²) in [7, 11) is 0. The Morgan fingerprint density at radius 3 is 2.74 bits per heavy atom. The highest BCUT2D eigenvalue weighted by molar-refractivity contribution is 5.83. The molecule has 3 aromatic rings. The second-order valence-corrected chi connectivity index (χ2v) is 7.07. The van der Waals surface area contributed by atoms with Crippen LogP contribution in [0, 0.1) is 0 Å². The number of carbonyl (C=O) groups excluding carboxylic acids is 1. The van der Waals surface area contributed by atoms with Crippen molar-refractivity contribution in [3.8, 4) is 0 Å². The summed E-state index contributed by atoms with van der Waals surface area (Å²) in [4.78, 5) is 19.5. The lowest BCUT2D eigenvalue weighted by molar-refractivity contribution is -0.132. The normalized spacial score (nSPS) is 14.8. The van der Waals surface area contributed by atoms with Gasteiger partial charge in [0.1, 0.15) is 6.54 Å². The Bertz CT molecular complexity index is 964. The number of imidazole rings is 1. The predicted octanol–water partition coefficient (Wildman–Crippen LogP) is 2.41. The molecule has 0 aliphatic carbocycles. The molecule has 2 aromatic carbocycles. The van der Waals surface area contributed by atoms with E-state index in [4.69, 9.17) is 0 Å². The Balaban J connectivity index is 1.57. The van der Waals surface area contributed by atoms with Crippen molar-refractivity contribution >= 4 is 22.9 Å². The van der Waals surface area contributed by atoms with Crippen LogP contribution in [0.4, 0.5) is 5.95 Å². The van der Waals surface area contributed by atoms with Crippen LogP contribution in [0.2, 0.25) is 0 Å². The number of para-hydroxylation sites is 2. The van der Waals surface area contributed by atoms with Crippen molar-refractivity contribution < 1.29 is 9.90 Å². The molecule has 1 aliphatic heterocycles. The van der Waals surface area contributed by atoms with Crippen LogP contribution in [-0.4, -0.2) is 44.7 Å². The summed E-state index contributed by atoms with van der Waals surface area (Å²) in [5.41, 5.74) is 4.30. The van der Waals surface area contributed by atoms with E-state index in [0.717, 1.165) is 24.0 Å². The Morgan fingerprint density at radius 1 is 1.19 bits per heavy atom. The summed E-state index contributed by atoms with van der Waals surface area (Å²) < 4.78 is 1.90. The highest BCUT2D eigenvalue weighted by Gasteiger charge is 2.22. The van der Waals surface area contributed by atoms with Gasteiger partial charge in [0.2, 0.25) is 11.9 Å². The van der Waals surface area contributed by atoms with Gasteiger partial charge >= 0.3 is 0 Å². The molecule has 1 aliphatic rings. The number of hydrogen-bond acceptors (Lipinski definition) is 4. The van der Waals surface area contributed by atoms with E-state index in [1.807, 2.05) is 45.9 Å². The molecule has 4 rings (SSSR count). The summed E-state index contributed by atoms with van der Waals surface area (Å²) in [6.07, 6.45) is 0.396. The maximum atomic E-state index is 13.0. The first-order valence-corrected chi connectivity index (χ1v) is 9.33. The third-order valence-corrected chi connectivity index (χ3v) is 4.99. The second kappa shape index (κ2) is 7.40. The van der Waals surface area contributed by atoms with Crippen molar-refractivity contribution in [3.05, 3.63) is 59.7 Å². The maximum Gasteiger partial charge on any atom is 0.242 e. The molecule has 0 bridgehead atoms. The topological polar surface area (TPSA) is 70.4 Å². The first-order chi connectivity index (χ1) is 13.1. The van der Waals surface area contributed by atoms with Crippen molar-refractivity contribution in [2.75, 3.05) is 18.4 Å². The van der Waals surface area contributed by atoms with E-state index in [2.05, 4.69) is 22.4 Å². The summed E-state index contributed by atoms with van der Waals surface area (Å²) in [6, 6.07) is 16.1. The molecule has 1 atom stereocenters. The van der Waals surface area contributed by atoms with E-state index >= 15 is 0 Å². The lowest BCUT2D eigenvalue weighted by Crippen LogP contribution is -2.38. The monoisotopic (exact) mass is 364 g/mol. The number of anilines is 1. The SMILES string of the molecule is CC(O)CNc1nc2ccccc2n1CC(=O)N1CCc2ccccc2C1. The Morgan fingerprint density at radius 2 is 1.93 bits per heavy atom. The Labute approximate surface area is 158 Å². The molecule has 0 spiro atoms. The molecule has 2 N–H and O–H groups in total. The van der Waals surface area contributed by atoms with Crippen molar-refractivity contribution in [3.63, 3.8) is 0 Å². The van der Waals surface area contributed by atoms with Crippen LogP contribution < -0.4 is 5.32 Å². The number of aromatic nitrogens is 2. The molecule has 6 heteroatoms. The van der Waals surface area contributed by atoms with Crippen LogP contribution in [0.1, 0.15) is 18.1 Å². The number of aliphatic hydroxyl groups is 1. The van der Waals surface area contributed by atoms with Gasteiger partial charge in [-0.25, -0.2) is 4.98 Å². The largest absolute Gasteiger partial charge is 0.392 e. The molecule has 1 aromatic heterocycles. The van der Waals surface area contributed by atoms with Gasteiger partial charge in [-0.15, -0.1) is 0 Å². The van der Waals surface area contributed by atoms with Crippen molar-refractivity contribution in [2.24, 2.45) is 0 Å². The predicted molar refractivity (Wildman–Crippen MR) is 105 cm³/mol. The van der Waals surface area contributed by atoms with E-state index in [1.54, 1.807) is 6.92 Å². The maximum absolute atomic E-state index is 13.0. The van der Waals surface area contributed by atoms with Gasteiger partial charge in [0.05, 0.1) is 17.1 Å². The van der Waals surface area contributed by atoms with Gasteiger partial charge in [-0.05, 0) is 36.6 Å². The number of fused-ring (bicyclic) bond motifs is 2. The van der Waals surface area contributed by atoms with Gasteiger partial charge in [0.25, 0.3) is 0 Å². The van der Waals surface area contributed by atoms with Gasteiger partial charge in [-0.3, -0.25) is 4.79 Å². The van der Waals surface area contributed by atoms with Crippen LogP contribution in [0.5, 0.6) is 0 Å². The number of nitrogens with one attached hydrogen (secondary N) is 1. The molecular weight excluding hydrogens is 340 g/mol. The van der Waals surface area contributed by atoms with E-state index in [-0.39, 0.29) is 12.5 Å². The molecule has 27 heavy (non-hydrogen) atoms. The van der Waals surface area contributed by atoms with Crippen molar-refractivity contribution in [1.82, 2.24) is 14.5 Å². The van der Waals surface area contributed by atoms with Crippen LogP contribution in [0.25, 0.3) is 11.0 Å². The zero-order valence-corrected chi connectivity index (χ0v) is 15.4. The summed E-state index contributed by atoms with van der Waals surface area (Å²) >= 11 is 0. The minimum Gasteiger partial charge on any atom is -0.392 e. The van der Waals surface area contributed by atoms with Gasteiger partial charge < -0.3 is 19.9 Å². The second-order valence-electron chi connectivity index (χ2n) is 7.07. The van der Waals surface area contributed by atoms with Gasteiger partial charge in [0, 0.05) is 19.6 Å². The summed E-state index contributed by atoms with van der Waals surface area (Å²) in [5.74, 6) is 0.690. The molecule has 0 fully saturated rings. The average Bonchev–Trinajstić information content (AvgIpc) is 3.03. The van der Waals surface area contributed by atoms with Crippen molar-refractivity contribution in [2.45, 2.75) is 32.5 Å². The van der Waals surface area contributed by atoms with Gasteiger partial charge in [-0.2, -0.15) is 0 Å². The smallest absolute Gasteiger partial charge is 0.242 e. The van der Waals surface area contributed by atoms with E-state index < -0.39 is 6.10 Å². The third kappa shape index (κ3) is 3.66. The van der Waals surface area contributed by atoms with E-state index in [0.29, 0.717) is 19.0 Å².